The van der Waals surface area contributed by atoms with Crippen LogP contribution < -0.4 is 9.80 Å². The van der Waals surface area contributed by atoms with E-state index in [4.69, 9.17) is 16.3 Å². The van der Waals surface area contributed by atoms with Gasteiger partial charge < -0.3 is 19.1 Å². The normalized spacial score (nSPS) is 20.2. The summed E-state index contributed by atoms with van der Waals surface area (Å²) >= 11 is 5.88. The van der Waals surface area contributed by atoms with Crippen molar-refractivity contribution in [3.05, 3.63) is 30.1 Å². The molecule has 2 saturated heterocycles. The molecule has 5 rings (SSSR count). The van der Waals surface area contributed by atoms with Crippen LogP contribution in [0.1, 0.15) is 12.8 Å². The van der Waals surface area contributed by atoms with E-state index in [1.54, 1.807) is 18.7 Å². The van der Waals surface area contributed by atoms with Gasteiger partial charge in [-0.3, -0.25) is 0 Å². The first-order valence-corrected chi connectivity index (χ1v) is 9.90. The minimum atomic E-state index is 0.249. The van der Waals surface area contributed by atoms with Gasteiger partial charge in [-0.25, -0.2) is 24.9 Å². The van der Waals surface area contributed by atoms with Crippen LogP contribution >= 0.6 is 11.6 Å². The molecule has 3 aromatic rings. The first-order valence-electron chi connectivity index (χ1n) is 9.53. The number of halogens is 1. The molecular weight excluding hydrogens is 380 g/mol. The van der Waals surface area contributed by atoms with E-state index in [0.29, 0.717) is 11.0 Å². The molecule has 0 N–H and O–H groups in total. The van der Waals surface area contributed by atoms with E-state index in [9.17, 15) is 0 Å². The van der Waals surface area contributed by atoms with Gasteiger partial charge in [-0.2, -0.15) is 0 Å². The lowest BCUT2D eigenvalue weighted by Gasteiger charge is -2.35. The third-order valence-corrected chi connectivity index (χ3v) is 5.47. The molecule has 1 unspecified atom stereocenters. The Balaban J connectivity index is 1.32. The minimum absolute atomic E-state index is 0.249. The van der Waals surface area contributed by atoms with Crippen molar-refractivity contribution in [1.29, 1.82) is 0 Å². The molecule has 0 aromatic carbocycles. The van der Waals surface area contributed by atoms with Crippen LogP contribution in [0.3, 0.4) is 0 Å². The van der Waals surface area contributed by atoms with Crippen molar-refractivity contribution in [2.75, 3.05) is 42.6 Å². The fourth-order valence-corrected chi connectivity index (χ4v) is 3.93. The molecule has 0 bridgehead atoms. The van der Waals surface area contributed by atoms with E-state index < -0.39 is 0 Å². The first-order chi connectivity index (χ1) is 13.8. The molecule has 5 heterocycles. The maximum Gasteiger partial charge on any atom is 0.225 e. The SMILES string of the molecule is Clc1cnc(N2CCN(c3ncnc4c3ncn4CC3CCCO3)CC2)nc1. The Bertz CT molecular complexity index is 948. The Morgan fingerprint density at radius 1 is 1.00 bits per heavy atom. The lowest BCUT2D eigenvalue weighted by Crippen LogP contribution is -2.47. The number of nitrogens with zero attached hydrogens (tertiary/aromatic N) is 8. The summed E-state index contributed by atoms with van der Waals surface area (Å²) in [5.41, 5.74) is 1.71. The van der Waals surface area contributed by atoms with Crippen LogP contribution in [-0.4, -0.2) is 68.4 Å². The second kappa shape index (κ2) is 7.48. The summed E-state index contributed by atoms with van der Waals surface area (Å²) in [7, 11) is 0. The number of imidazole rings is 1. The average molecular weight is 401 g/mol. The maximum atomic E-state index is 5.88. The lowest BCUT2D eigenvalue weighted by atomic mass is 10.2. The van der Waals surface area contributed by atoms with Crippen LogP contribution in [0.2, 0.25) is 5.02 Å². The van der Waals surface area contributed by atoms with Crippen LogP contribution in [0.15, 0.2) is 25.0 Å². The van der Waals surface area contributed by atoms with E-state index in [0.717, 1.165) is 69.2 Å². The van der Waals surface area contributed by atoms with E-state index in [2.05, 4.69) is 39.3 Å². The molecule has 2 aliphatic rings. The van der Waals surface area contributed by atoms with Crippen LogP contribution in [0.25, 0.3) is 11.2 Å². The van der Waals surface area contributed by atoms with E-state index in [1.807, 2.05) is 6.33 Å². The van der Waals surface area contributed by atoms with Gasteiger partial charge in [0.15, 0.2) is 17.0 Å². The molecule has 2 aliphatic heterocycles. The zero-order chi connectivity index (χ0) is 18.9. The molecule has 0 aliphatic carbocycles. The number of hydrogen-bond donors (Lipinski definition) is 0. The monoisotopic (exact) mass is 400 g/mol. The summed E-state index contributed by atoms with van der Waals surface area (Å²) in [6, 6.07) is 0. The van der Waals surface area contributed by atoms with Crippen molar-refractivity contribution in [3.63, 3.8) is 0 Å². The van der Waals surface area contributed by atoms with Gasteiger partial charge in [0.05, 0.1) is 36.4 Å². The van der Waals surface area contributed by atoms with Crippen LogP contribution in [-0.2, 0) is 11.3 Å². The number of ether oxygens (including phenoxy) is 1. The molecule has 1 atom stereocenters. The molecular formula is C18H21ClN8O. The molecule has 10 heteroatoms. The summed E-state index contributed by atoms with van der Waals surface area (Å²) < 4.78 is 7.83. The van der Waals surface area contributed by atoms with E-state index >= 15 is 0 Å². The molecule has 3 aromatic heterocycles. The smallest absolute Gasteiger partial charge is 0.225 e. The van der Waals surface area contributed by atoms with Gasteiger partial charge in [-0.05, 0) is 12.8 Å². The van der Waals surface area contributed by atoms with Crippen LogP contribution in [0.5, 0.6) is 0 Å². The van der Waals surface area contributed by atoms with Gasteiger partial charge >= 0.3 is 0 Å². The third kappa shape index (κ3) is 3.35. The lowest BCUT2D eigenvalue weighted by molar-refractivity contribution is 0.0978. The Morgan fingerprint density at radius 2 is 1.79 bits per heavy atom. The van der Waals surface area contributed by atoms with Gasteiger partial charge in [0, 0.05) is 32.8 Å². The average Bonchev–Trinajstić information content (AvgIpc) is 3.39. The fourth-order valence-electron chi connectivity index (χ4n) is 3.83. The van der Waals surface area contributed by atoms with E-state index in [-0.39, 0.29) is 6.10 Å². The van der Waals surface area contributed by atoms with Crippen molar-refractivity contribution in [3.8, 4) is 0 Å². The van der Waals surface area contributed by atoms with Crippen LogP contribution in [0.4, 0.5) is 11.8 Å². The zero-order valence-corrected chi connectivity index (χ0v) is 16.2. The molecule has 0 radical (unpaired) electrons. The summed E-state index contributed by atoms with van der Waals surface area (Å²) in [5.74, 6) is 1.59. The van der Waals surface area contributed by atoms with Gasteiger partial charge in [0.25, 0.3) is 0 Å². The van der Waals surface area contributed by atoms with Gasteiger partial charge in [-0.15, -0.1) is 0 Å². The summed E-state index contributed by atoms with van der Waals surface area (Å²) in [6.07, 6.45) is 9.20. The Morgan fingerprint density at radius 3 is 2.54 bits per heavy atom. The second-order valence-electron chi connectivity index (χ2n) is 7.08. The fraction of sp³-hybridized carbons (Fsp3) is 0.500. The molecule has 9 nitrogen and oxygen atoms in total. The predicted octanol–water partition coefficient (Wildman–Crippen LogP) is 1.78. The van der Waals surface area contributed by atoms with Crippen molar-refractivity contribution in [2.45, 2.75) is 25.5 Å². The number of aromatic nitrogens is 6. The van der Waals surface area contributed by atoms with Crippen LogP contribution in [0, 0.1) is 0 Å². The van der Waals surface area contributed by atoms with Crippen molar-refractivity contribution >= 4 is 34.5 Å². The Hall–Kier alpha value is -2.52. The number of anilines is 2. The molecule has 0 spiro atoms. The Kier molecular flexibility index (Phi) is 4.69. The van der Waals surface area contributed by atoms with E-state index in [1.165, 1.54) is 0 Å². The summed E-state index contributed by atoms with van der Waals surface area (Å²) in [5, 5.41) is 0.546. The zero-order valence-electron chi connectivity index (χ0n) is 15.4. The van der Waals surface area contributed by atoms with Crippen molar-refractivity contribution < 1.29 is 4.74 Å². The Labute approximate surface area is 167 Å². The standard InChI is InChI=1S/C18H21ClN8O/c19-13-8-20-18(21-9-13)26-5-3-25(4-6-26)16-15-17(23-11-22-16)27(12-24-15)10-14-2-1-7-28-14/h8-9,11-12,14H,1-7,10H2. The van der Waals surface area contributed by atoms with Crippen molar-refractivity contribution in [2.24, 2.45) is 0 Å². The number of hydrogen-bond acceptors (Lipinski definition) is 8. The number of piperazine rings is 1. The molecule has 28 heavy (non-hydrogen) atoms. The third-order valence-electron chi connectivity index (χ3n) is 5.27. The van der Waals surface area contributed by atoms with Gasteiger partial charge in [0.2, 0.25) is 5.95 Å². The molecule has 2 fully saturated rings. The molecule has 146 valence electrons. The summed E-state index contributed by atoms with van der Waals surface area (Å²) in [4.78, 5) is 26.6. The predicted molar refractivity (Wildman–Crippen MR) is 106 cm³/mol. The largest absolute Gasteiger partial charge is 0.376 e. The second-order valence-corrected chi connectivity index (χ2v) is 7.51. The molecule has 0 saturated carbocycles. The van der Waals surface area contributed by atoms with Gasteiger partial charge in [0.1, 0.15) is 6.33 Å². The molecule has 0 amide bonds. The van der Waals surface area contributed by atoms with Gasteiger partial charge in [-0.1, -0.05) is 11.6 Å². The number of rotatable bonds is 4. The maximum absolute atomic E-state index is 5.88. The first kappa shape index (κ1) is 17.6. The highest BCUT2D eigenvalue weighted by atomic mass is 35.5. The highest BCUT2D eigenvalue weighted by Crippen LogP contribution is 2.24. The highest BCUT2D eigenvalue weighted by molar-refractivity contribution is 6.30. The topological polar surface area (TPSA) is 85.1 Å². The number of fused-ring (bicyclic) bond motifs is 1. The summed E-state index contributed by atoms with van der Waals surface area (Å²) in [6.45, 7) is 4.88. The van der Waals surface area contributed by atoms with Crippen molar-refractivity contribution in [1.82, 2.24) is 29.5 Å². The highest BCUT2D eigenvalue weighted by Gasteiger charge is 2.24. The minimum Gasteiger partial charge on any atom is -0.376 e. The quantitative estimate of drug-likeness (QED) is 0.655.